The van der Waals surface area contributed by atoms with E-state index in [9.17, 15) is 5.11 Å². The fourth-order valence-corrected chi connectivity index (χ4v) is 5.64. The molecule has 170 valence electrons. The molecular formula is C29H37O2P. The largest absolute Gasteiger partial charge is 0.488 e. The van der Waals surface area contributed by atoms with Gasteiger partial charge < -0.3 is 9.84 Å². The standard InChI is InChI=1S/C29H37O2P/c1-7-29(6,32-26-16-12-11-15-23(26)19-30)25-18-21(2)17-24(28(3,4)5)27(25)31-20-22-13-9-8-10-14-22/h8-18,30,32H,7,19-20H2,1-6H3. The van der Waals surface area contributed by atoms with E-state index in [1.54, 1.807) is 0 Å². The highest BCUT2D eigenvalue weighted by Crippen LogP contribution is 2.50. The van der Waals surface area contributed by atoms with Gasteiger partial charge in [-0.3, -0.25) is 0 Å². The van der Waals surface area contributed by atoms with Gasteiger partial charge in [0, 0.05) is 16.3 Å². The predicted octanol–water partition coefficient (Wildman–Crippen LogP) is 6.99. The highest BCUT2D eigenvalue weighted by Gasteiger charge is 2.33. The lowest BCUT2D eigenvalue weighted by Gasteiger charge is -2.35. The first-order valence-corrected chi connectivity index (χ1v) is 12.5. The molecule has 0 aromatic heterocycles. The van der Waals surface area contributed by atoms with E-state index in [1.807, 2.05) is 18.2 Å². The van der Waals surface area contributed by atoms with Crippen molar-refractivity contribution < 1.29 is 9.84 Å². The third kappa shape index (κ3) is 5.61. The van der Waals surface area contributed by atoms with Crippen LogP contribution in [0.15, 0.2) is 66.7 Å². The van der Waals surface area contributed by atoms with Crippen LogP contribution in [0.5, 0.6) is 5.75 Å². The van der Waals surface area contributed by atoms with Crippen molar-refractivity contribution in [2.45, 2.75) is 71.7 Å². The number of aliphatic hydroxyl groups is 1. The first-order chi connectivity index (χ1) is 15.2. The minimum Gasteiger partial charge on any atom is -0.488 e. The van der Waals surface area contributed by atoms with Gasteiger partial charge in [-0.05, 0) is 35.2 Å². The molecule has 0 spiro atoms. The van der Waals surface area contributed by atoms with E-state index < -0.39 is 0 Å². The van der Waals surface area contributed by atoms with Gasteiger partial charge in [0.25, 0.3) is 0 Å². The second-order valence-corrected chi connectivity index (χ2v) is 11.7. The Balaban J connectivity index is 2.12. The lowest BCUT2D eigenvalue weighted by molar-refractivity contribution is 0.283. The third-order valence-corrected chi connectivity index (χ3v) is 8.10. The lowest BCUT2D eigenvalue weighted by Crippen LogP contribution is -2.24. The zero-order valence-corrected chi connectivity index (χ0v) is 21.3. The Morgan fingerprint density at radius 2 is 1.50 bits per heavy atom. The summed E-state index contributed by atoms with van der Waals surface area (Å²) in [6.45, 7) is 14.2. The van der Waals surface area contributed by atoms with Gasteiger partial charge in [0.2, 0.25) is 0 Å². The normalized spacial score (nSPS) is 14.0. The number of aliphatic hydroxyl groups excluding tert-OH is 1. The number of ether oxygens (including phenoxy) is 1. The molecule has 0 amide bonds. The average Bonchev–Trinajstić information content (AvgIpc) is 2.78. The third-order valence-electron chi connectivity index (χ3n) is 6.17. The average molecular weight is 449 g/mol. The lowest BCUT2D eigenvalue weighted by atomic mass is 9.81. The van der Waals surface area contributed by atoms with E-state index in [4.69, 9.17) is 4.74 Å². The topological polar surface area (TPSA) is 29.5 Å². The minimum atomic E-state index is -0.0939. The van der Waals surface area contributed by atoms with E-state index >= 15 is 0 Å². The molecule has 0 aliphatic heterocycles. The van der Waals surface area contributed by atoms with Crippen molar-refractivity contribution >= 4 is 13.9 Å². The van der Waals surface area contributed by atoms with E-state index in [2.05, 4.69) is 90.1 Å². The Bertz CT molecular complexity index is 1040. The van der Waals surface area contributed by atoms with Crippen molar-refractivity contribution in [3.05, 3.63) is 94.5 Å². The summed E-state index contributed by atoms with van der Waals surface area (Å²) in [5.41, 5.74) is 5.94. The van der Waals surface area contributed by atoms with E-state index in [-0.39, 0.29) is 17.2 Å². The number of hydrogen-bond donors (Lipinski definition) is 1. The molecule has 32 heavy (non-hydrogen) atoms. The number of benzene rings is 3. The SMILES string of the molecule is CCC(C)(Pc1ccccc1CO)c1cc(C)cc(C(C)(C)C)c1OCc1ccccc1. The molecule has 2 nitrogen and oxygen atoms in total. The zero-order chi connectivity index (χ0) is 23.4. The van der Waals surface area contributed by atoms with Crippen molar-refractivity contribution in [1.29, 1.82) is 0 Å². The Hall–Kier alpha value is -2.15. The van der Waals surface area contributed by atoms with Gasteiger partial charge in [0.15, 0.2) is 0 Å². The summed E-state index contributed by atoms with van der Waals surface area (Å²) in [6, 6.07) is 23.2. The van der Waals surface area contributed by atoms with Gasteiger partial charge in [0.1, 0.15) is 12.4 Å². The van der Waals surface area contributed by atoms with Crippen molar-refractivity contribution in [1.82, 2.24) is 0 Å². The monoisotopic (exact) mass is 448 g/mol. The van der Waals surface area contributed by atoms with Crippen LogP contribution in [0.1, 0.15) is 68.9 Å². The van der Waals surface area contributed by atoms with Crippen LogP contribution >= 0.6 is 8.58 Å². The van der Waals surface area contributed by atoms with Crippen LogP contribution in [0, 0.1) is 6.92 Å². The molecule has 1 N–H and O–H groups in total. The van der Waals surface area contributed by atoms with Crippen LogP contribution in [0.4, 0.5) is 0 Å². The summed E-state index contributed by atoms with van der Waals surface area (Å²) in [6.07, 6.45) is 0.986. The smallest absolute Gasteiger partial charge is 0.127 e. The summed E-state index contributed by atoms with van der Waals surface area (Å²) in [5, 5.41) is 11.0. The molecule has 3 heteroatoms. The van der Waals surface area contributed by atoms with Gasteiger partial charge in [-0.1, -0.05) is 115 Å². The van der Waals surface area contributed by atoms with Crippen molar-refractivity contribution in [2.24, 2.45) is 0 Å². The molecule has 0 aliphatic carbocycles. The molecule has 0 bridgehead atoms. The minimum absolute atomic E-state index is 0.0342. The molecule has 2 unspecified atom stereocenters. The zero-order valence-electron chi connectivity index (χ0n) is 20.3. The van der Waals surface area contributed by atoms with Crippen LogP contribution in [-0.2, 0) is 23.8 Å². The van der Waals surface area contributed by atoms with E-state index in [0.29, 0.717) is 15.2 Å². The van der Waals surface area contributed by atoms with Crippen molar-refractivity contribution in [3.63, 3.8) is 0 Å². The van der Waals surface area contributed by atoms with Crippen LogP contribution in [0.25, 0.3) is 0 Å². The van der Waals surface area contributed by atoms with Gasteiger partial charge in [0.05, 0.1) is 6.61 Å². The maximum Gasteiger partial charge on any atom is 0.127 e. The highest BCUT2D eigenvalue weighted by atomic mass is 31.1. The molecular weight excluding hydrogens is 411 g/mol. The number of rotatable bonds is 8. The molecule has 0 aliphatic rings. The summed E-state index contributed by atoms with van der Waals surface area (Å²) >= 11 is 0. The fourth-order valence-electron chi connectivity index (χ4n) is 4.05. The molecule has 0 saturated carbocycles. The van der Waals surface area contributed by atoms with E-state index in [0.717, 1.165) is 17.7 Å². The first kappa shape index (κ1) is 24.5. The van der Waals surface area contributed by atoms with Gasteiger partial charge in [-0.15, -0.1) is 0 Å². The Morgan fingerprint density at radius 3 is 2.12 bits per heavy atom. The molecule has 0 fully saturated rings. The van der Waals surface area contributed by atoms with Gasteiger partial charge in [-0.2, -0.15) is 0 Å². The quantitative estimate of drug-likeness (QED) is 0.376. The second kappa shape index (κ2) is 10.2. The van der Waals surface area contributed by atoms with Crippen molar-refractivity contribution in [3.8, 4) is 5.75 Å². The van der Waals surface area contributed by atoms with E-state index in [1.165, 1.54) is 27.6 Å². The van der Waals surface area contributed by atoms with Gasteiger partial charge >= 0.3 is 0 Å². The van der Waals surface area contributed by atoms with Crippen LogP contribution in [-0.4, -0.2) is 5.11 Å². The molecule has 2 atom stereocenters. The maximum absolute atomic E-state index is 9.90. The fraction of sp³-hybridized carbons (Fsp3) is 0.379. The summed E-state index contributed by atoms with van der Waals surface area (Å²) in [5.74, 6) is 1.02. The number of hydrogen-bond acceptors (Lipinski definition) is 2. The van der Waals surface area contributed by atoms with Crippen molar-refractivity contribution in [2.75, 3.05) is 0 Å². The Labute approximate surface area is 195 Å². The first-order valence-electron chi connectivity index (χ1n) is 11.5. The Morgan fingerprint density at radius 1 is 0.875 bits per heavy atom. The van der Waals surface area contributed by atoms with Crippen LogP contribution in [0.2, 0.25) is 0 Å². The summed E-state index contributed by atoms with van der Waals surface area (Å²) in [4.78, 5) is 0. The highest BCUT2D eigenvalue weighted by molar-refractivity contribution is 7.48. The van der Waals surface area contributed by atoms with Gasteiger partial charge in [-0.25, -0.2) is 0 Å². The molecule has 0 saturated heterocycles. The molecule has 3 aromatic rings. The molecule has 0 radical (unpaired) electrons. The second-order valence-electron chi connectivity index (χ2n) is 9.84. The van der Waals surface area contributed by atoms with Crippen LogP contribution in [0.3, 0.4) is 0 Å². The van der Waals surface area contributed by atoms with Crippen LogP contribution < -0.4 is 10.0 Å². The number of aryl methyl sites for hydroxylation is 1. The maximum atomic E-state index is 9.90. The molecule has 0 heterocycles. The Kier molecular flexibility index (Phi) is 7.80. The molecule has 3 rings (SSSR count). The summed E-state index contributed by atoms with van der Waals surface area (Å²) in [7, 11) is 0.535. The molecule has 3 aromatic carbocycles. The predicted molar refractivity (Wildman–Crippen MR) is 139 cm³/mol. The summed E-state index contributed by atoms with van der Waals surface area (Å²) < 4.78 is 6.63.